The second-order valence-corrected chi connectivity index (χ2v) is 6.96. The molecular formula is C21H19N5O3. The minimum atomic E-state index is -0.410. The average Bonchev–Trinajstić information content (AvgIpc) is 2.71. The summed E-state index contributed by atoms with van der Waals surface area (Å²) in [4.78, 5) is 43.7. The van der Waals surface area contributed by atoms with E-state index in [1.54, 1.807) is 18.2 Å². The number of benzene rings is 2. The third kappa shape index (κ3) is 3.64. The van der Waals surface area contributed by atoms with Gasteiger partial charge in [0.15, 0.2) is 0 Å². The Balaban J connectivity index is 1.63. The Labute approximate surface area is 166 Å². The number of carbonyl (C=O) groups excluding carboxylic acids is 2. The first-order valence-electron chi connectivity index (χ1n) is 9.19. The minimum absolute atomic E-state index is 0.154. The van der Waals surface area contributed by atoms with Gasteiger partial charge >= 0.3 is 0 Å². The number of hydrazone groups is 1. The third-order valence-electron chi connectivity index (χ3n) is 4.79. The zero-order chi connectivity index (χ0) is 20.5. The van der Waals surface area contributed by atoms with Crippen molar-refractivity contribution in [2.75, 3.05) is 10.3 Å². The van der Waals surface area contributed by atoms with Gasteiger partial charge < -0.3 is 10.3 Å². The highest BCUT2D eigenvalue weighted by atomic mass is 16.2. The van der Waals surface area contributed by atoms with Crippen molar-refractivity contribution in [1.82, 2.24) is 9.97 Å². The number of hydrogen-bond acceptors (Lipinski definition) is 5. The van der Waals surface area contributed by atoms with Gasteiger partial charge in [0, 0.05) is 18.5 Å². The zero-order valence-corrected chi connectivity index (χ0v) is 16.0. The fourth-order valence-corrected chi connectivity index (χ4v) is 3.20. The molecule has 8 heteroatoms. The summed E-state index contributed by atoms with van der Waals surface area (Å²) in [6, 6.07) is 10.7. The van der Waals surface area contributed by atoms with Crippen molar-refractivity contribution in [2.24, 2.45) is 5.10 Å². The number of H-pyrrole nitrogens is 1. The normalized spacial score (nSPS) is 14.1. The number of aryl methyl sites for hydroxylation is 2. The van der Waals surface area contributed by atoms with Crippen LogP contribution in [0, 0.1) is 13.8 Å². The lowest BCUT2D eigenvalue weighted by atomic mass is 10.1. The molecule has 2 N–H and O–H groups in total. The van der Waals surface area contributed by atoms with Crippen LogP contribution in [0.4, 0.5) is 11.4 Å². The summed E-state index contributed by atoms with van der Waals surface area (Å²) >= 11 is 0. The van der Waals surface area contributed by atoms with E-state index >= 15 is 0 Å². The van der Waals surface area contributed by atoms with Gasteiger partial charge in [0.25, 0.3) is 11.5 Å². The largest absolute Gasteiger partial charge is 0.321 e. The molecule has 8 nitrogen and oxygen atoms in total. The van der Waals surface area contributed by atoms with Crippen LogP contribution in [0.3, 0.4) is 0 Å². The summed E-state index contributed by atoms with van der Waals surface area (Å²) in [7, 11) is 0. The number of anilines is 2. The predicted octanol–water partition coefficient (Wildman–Crippen LogP) is 2.66. The number of aromatic amines is 1. The first kappa shape index (κ1) is 18.5. The van der Waals surface area contributed by atoms with Crippen molar-refractivity contribution in [2.45, 2.75) is 26.7 Å². The fraction of sp³-hybridized carbons (Fsp3) is 0.190. The molecule has 1 aliphatic rings. The molecule has 1 aliphatic heterocycles. The number of rotatable bonds is 3. The average molecular weight is 389 g/mol. The molecule has 2 aromatic carbocycles. The lowest BCUT2D eigenvalue weighted by Gasteiger charge is -2.24. The number of fused-ring (bicyclic) bond motifs is 1. The van der Waals surface area contributed by atoms with E-state index in [9.17, 15) is 14.4 Å². The molecule has 29 heavy (non-hydrogen) atoms. The number of hydrogen-bond donors (Lipinski definition) is 2. The van der Waals surface area contributed by atoms with Crippen LogP contribution in [-0.2, 0) is 9.59 Å². The van der Waals surface area contributed by atoms with Crippen LogP contribution in [0.25, 0.3) is 10.9 Å². The quantitative estimate of drug-likeness (QED) is 0.718. The van der Waals surface area contributed by atoms with E-state index in [1.807, 2.05) is 32.0 Å². The molecule has 0 radical (unpaired) electrons. The first-order valence-corrected chi connectivity index (χ1v) is 9.19. The highest BCUT2D eigenvalue weighted by molar-refractivity contribution is 6.44. The molecule has 0 fully saturated rings. The van der Waals surface area contributed by atoms with Crippen molar-refractivity contribution >= 4 is 39.8 Å². The maximum atomic E-state index is 12.7. The topological polar surface area (TPSA) is 108 Å². The van der Waals surface area contributed by atoms with E-state index in [2.05, 4.69) is 20.4 Å². The first-order chi connectivity index (χ1) is 13.9. The highest BCUT2D eigenvalue weighted by Gasteiger charge is 2.26. The summed E-state index contributed by atoms with van der Waals surface area (Å²) in [5, 5.41) is 8.75. The molecule has 0 saturated carbocycles. The van der Waals surface area contributed by atoms with Crippen molar-refractivity contribution < 1.29 is 9.59 Å². The summed E-state index contributed by atoms with van der Waals surface area (Å²) in [6.45, 7) is 3.83. The van der Waals surface area contributed by atoms with E-state index in [4.69, 9.17) is 0 Å². The van der Waals surface area contributed by atoms with E-state index in [-0.39, 0.29) is 30.0 Å². The standard InChI is InChI=1S/C21H19N5O3/c1-12-3-4-13(2)18(9-12)26-19(27)8-7-17(25-26)21(29)24-14-5-6-16-15(10-14)20(28)23-11-22-16/h3-6,9-11H,7-8H2,1-2H3,(H,24,29)(H,22,23,28). The van der Waals surface area contributed by atoms with Crippen LogP contribution >= 0.6 is 0 Å². The summed E-state index contributed by atoms with van der Waals surface area (Å²) in [5.41, 5.74) is 3.53. The zero-order valence-electron chi connectivity index (χ0n) is 16.0. The molecule has 2 amide bonds. The number of aromatic nitrogens is 2. The van der Waals surface area contributed by atoms with Crippen molar-refractivity contribution in [3.8, 4) is 0 Å². The summed E-state index contributed by atoms with van der Waals surface area (Å²) < 4.78 is 0. The molecule has 0 atom stereocenters. The van der Waals surface area contributed by atoms with Crippen LogP contribution in [-0.4, -0.2) is 27.5 Å². The molecule has 3 aromatic rings. The van der Waals surface area contributed by atoms with Crippen molar-refractivity contribution in [3.63, 3.8) is 0 Å². The molecular weight excluding hydrogens is 370 g/mol. The smallest absolute Gasteiger partial charge is 0.271 e. The van der Waals surface area contributed by atoms with Crippen LogP contribution in [0.1, 0.15) is 24.0 Å². The SMILES string of the molecule is Cc1ccc(C)c(N2N=C(C(=O)Nc3ccc4nc[nH]c(=O)c4c3)CCC2=O)c1. The van der Waals surface area contributed by atoms with E-state index in [1.165, 1.54) is 11.3 Å². The predicted molar refractivity (Wildman–Crippen MR) is 111 cm³/mol. The molecule has 2 heterocycles. The van der Waals surface area contributed by atoms with Gasteiger partial charge in [-0.1, -0.05) is 12.1 Å². The Morgan fingerprint density at radius 3 is 2.76 bits per heavy atom. The van der Waals surface area contributed by atoms with Gasteiger partial charge in [-0.05, 0) is 49.2 Å². The van der Waals surface area contributed by atoms with Gasteiger partial charge in [0.2, 0.25) is 5.91 Å². The van der Waals surface area contributed by atoms with E-state index in [0.717, 1.165) is 11.1 Å². The molecule has 0 aliphatic carbocycles. The number of amides is 2. The second-order valence-electron chi connectivity index (χ2n) is 6.96. The Hall–Kier alpha value is -3.81. The minimum Gasteiger partial charge on any atom is -0.321 e. The van der Waals surface area contributed by atoms with Gasteiger partial charge in [-0.2, -0.15) is 5.10 Å². The Kier molecular flexibility index (Phi) is 4.67. The molecule has 4 rings (SSSR count). The van der Waals surface area contributed by atoms with Crippen LogP contribution in [0.5, 0.6) is 0 Å². The molecule has 0 bridgehead atoms. The van der Waals surface area contributed by atoms with Crippen LogP contribution in [0.15, 0.2) is 52.6 Å². The number of carbonyl (C=O) groups is 2. The maximum Gasteiger partial charge on any atom is 0.271 e. The molecule has 0 spiro atoms. The van der Waals surface area contributed by atoms with E-state index in [0.29, 0.717) is 22.3 Å². The summed E-state index contributed by atoms with van der Waals surface area (Å²) in [6.07, 6.45) is 1.78. The van der Waals surface area contributed by atoms with Crippen molar-refractivity contribution in [1.29, 1.82) is 0 Å². The van der Waals surface area contributed by atoms with Gasteiger partial charge in [-0.25, -0.2) is 9.99 Å². The summed E-state index contributed by atoms with van der Waals surface area (Å²) in [5.74, 6) is -0.564. The fourth-order valence-electron chi connectivity index (χ4n) is 3.20. The Morgan fingerprint density at radius 2 is 1.93 bits per heavy atom. The van der Waals surface area contributed by atoms with Crippen LogP contribution in [0.2, 0.25) is 0 Å². The molecule has 1 aromatic heterocycles. The third-order valence-corrected chi connectivity index (χ3v) is 4.79. The lowest BCUT2D eigenvalue weighted by molar-refractivity contribution is -0.118. The highest BCUT2D eigenvalue weighted by Crippen LogP contribution is 2.25. The van der Waals surface area contributed by atoms with Gasteiger partial charge in [0.05, 0.1) is 22.9 Å². The monoisotopic (exact) mass is 389 g/mol. The second kappa shape index (κ2) is 7.31. The Bertz CT molecular complexity index is 1230. The van der Waals surface area contributed by atoms with Gasteiger partial charge in [0.1, 0.15) is 5.71 Å². The van der Waals surface area contributed by atoms with Gasteiger partial charge in [-0.3, -0.25) is 14.4 Å². The van der Waals surface area contributed by atoms with Gasteiger partial charge in [-0.15, -0.1) is 0 Å². The Morgan fingerprint density at radius 1 is 1.10 bits per heavy atom. The lowest BCUT2D eigenvalue weighted by Crippen LogP contribution is -2.36. The van der Waals surface area contributed by atoms with Crippen molar-refractivity contribution in [3.05, 3.63) is 64.2 Å². The number of nitrogens with one attached hydrogen (secondary N) is 2. The molecule has 0 saturated heterocycles. The number of nitrogens with zero attached hydrogens (tertiary/aromatic N) is 3. The van der Waals surface area contributed by atoms with E-state index < -0.39 is 5.91 Å². The van der Waals surface area contributed by atoms with Crippen LogP contribution < -0.4 is 15.9 Å². The maximum absolute atomic E-state index is 12.7. The molecule has 0 unspecified atom stereocenters. The molecule has 146 valence electrons.